The van der Waals surface area contributed by atoms with Crippen molar-refractivity contribution in [2.45, 2.75) is 40.2 Å². The van der Waals surface area contributed by atoms with Gasteiger partial charge in [0.25, 0.3) is 0 Å². The molecule has 0 bridgehead atoms. The third-order valence-corrected chi connectivity index (χ3v) is 3.21. The first kappa shape index (κ1) is 15.1. The minimum atomic E-state index is -0.778. The molecule has 0 aliphatic carbocycles. The molecule has 0 aromatic heterocycles. The second-order valence-electron chi connectivity index (χ2n) is 5.52. The number of halogens is 2. The molecule has 0 aliphatic heterocycles. The van der Waals surface area contributed by atoms with Crippen LogP contribution in [0.2, 0.25) is 0 Å². The highest BCUT2D eigenvalue weighted by Gasteiger charge is 2.15. The second kappa shape index (κ2) is 6.83. The standard InChI is InChI=1S/C15H23F2N/c1-10(2)13(9-18-11(3)4)7-12-5-6-14(16)15(17)8-12/h5-6,8,10-11,13,18H,7,9H2,1-4H3. The quantitative estimate of drug-likeness (QED) is 0.815. The highest BCUT2D eigenvalue weighted by molar-refractivity contribution is 5.18. The average molecular weight is 255 g/mol. The summed E-state index contributed by atoms with van der Waals surface area (Å²) in [6, 6.07) is 4.62. The number of hydrogen-bond donors (Lipinski definition) is 1. The number of hydrogen-bond acceptors (Lipinski definition) is 1. The van der Waals surface area contributed by atoms with Gasteiger partial charge in [-0.1, -0.05) is 33.8 Å². The van der Waals surface area contributed by atoms with Crippen molar-refractivity contribution in [3.63, 3.8) is 0 Å². The van der Waals surface area contributed by atoms with E-state index in [9.17, 15) is 8.78 Å². The molecule has 1 aromatic carbocycles. The molecule has 0 radical (unpaired) electrons. The van der Waals surface area contributed by atoms with Crippen LogP contribution >= 0.6 is 0 Å². The summed E-state index contributed by atoms with van der Waals surface area (Å²) in [6.45, 7) is 9.43. The maximum Gasteiger partial charge on any atom is 0.159 e. The summed E-state index contributed by atoms with van der Waals surface area (Å²) in [5.74, 6) is -0.603. The number of benzene rings is 1. The van der Waals surface area contributed by atoms with Gasteiger partial charge in [0.05, 0.1) is 0 Å². The van der Waals surface area contributed by atoms with Crippen LogP contribution in [0.3, 0.4) is 0 Å². The van der Waals surface area contributed by atoms with Gasteiger partial charge < -0.3 is 5.32 Å². The van der Waals surface area contributed by atoms with E-state index in [1.165, 1.54) is 12.1 Å². The van der Waals surface area contributed by atoms with Crippen molar-refractivity contribution in [1.29, 1.82) is 0 Å². The molecule has 0 spiro atoms. The summed E-state index contributed by atoms with van der Waals surface area (Å²) < 4.78 is 26.0. The van der Waals surface area contributed by atoms with Gasteiger partial charge in [-0.15, -0.1) is 0 Å². The monoisotopic (exact) mass is 255 g/mol. The first-order valence-electron chi connectivity index (χ1n) is 6.57. The summed E-state index contributed by atoms with van der Waals surface area (Å²) in [6.07, 6.45) is 0.772. The minimum absolute atomic E-state index is 0.428. The zero-order valence-corrected chi connectivity index (χ0v) is 11.6. The van der Waals surface area contributed by atoms with Gasteiger partial charge in [-0.25, -0.2) is 8.78 Å². The third kappa shape index (κ3) is 4.73. The van der Waals surface area contributed by atoms with Crippen LogP contribution in [-0.4, -0.2) is 12.6 Å². The Balaban J connectivity index is 2.67. The second-order valence-corrected chi connectivity index (χ2v) is 5.52. The van der Waals surface area contributed by atoms with Gasteiger partial charge in [-0.05, 0) is 42.5 Å². The molecule has 0 saturated carbocycles. The summed E-state index contributed by atoms with van der Waals surface area (Å²) in [4.78, 5) is 0. The summed E-state index contributed by atoms with van der Waals surface area (Å²) in [5.41, 5.74) is 0.859. The first-order chi connectivity index (χ1) is 8.40. The van der Waals surface area contributed by atoms with Gasteiger partial charge in [0.1, 0.15) is 0 Å². The SMILES string of the molecule is CC(C)NCC(Cc1ccc(F)c(F)c1)C(C)C. The van der Waals surface area contributed by atoms with Crippen LogP contribution in [0.1, 0.15) is 33.3 Å². The van der Waals surface area contributed by atoms with Crippen LogP contribution in [0, 0.1) is 23.5 Å². The molecule has 0 saturated heterocycles. The van der Waals surface area contributed by atoms with Crippen LogP contribution in [-0.2, 0) is 6.42 Å². The van der Waals surface area contributed by atoms with E-state index < -0.39 is 11.6 Å². The molecule has 18 heavy (non-hydrogen) atoms. The molecular weight excluding hydrogens is 232 g/mol. The Bertz CT molecular complexity index is 375. The highest BCUT2D eigenvalue weighted by atomic mass is 19.2. The maximum atomic E-state index is 13.2. The lowest BCUT2D eigenvalue weighted by Crippen LogP contribution is -2.32. The molecule has 1 rings (SSSR count). The van der Waals surface area contributed by atoms with E-state index in [0.717, 1.165) is 18.5 Å². The summed E-state index contributed by atoms with van der Waals surface area (Å²) in [7, 11) is 0. The van der Waals surface area contributed by atoms with Gasteiger partial charge in [0.2, 0.25) is 0 Å². The van der Waals surface area contributed by atoms with Crippen molar-refractivity contribution >= 4 is 0 Å². The summed E-state index contributed by atoms with van der Waals surface area (Å²) >= 11 is 0. The van der Waals surface area contributed by atoms with E-state index in [4.69, 9.17) is 0 Å². The molecule has 1 unspecified atom stereocenters. The molecule has 1 N–H and O–H groups in total. The lowest BCUT2D eigenvalue weighted by molar-refractivity contribution is 0.348. The van der Waals surface area contributed by atoms with E-state index in [1.54, 1.807) is 6.07 Å². The van der Waals surface area contributed by atoms with Crippen LogP contribution in [0.25, 0.3) is 0 Å². The predicted molar refractivity (Wildman–Crippen MR) is 71.5 cm³/mol. The van der Waals surface area contributed by atoms with Crippen molar-refractivity contribution in [3.8, 4) is 0 Å². The molecule has 102 valence electrons. The molecule has 0 heterocycles. The topological polar surface area (TPSA) is 12.0 Å². The van der Waals surface area contributed by atoms with Gasteiger partial charge in [-0.2, -0.15) is 0 Å². The van der Waals surface area contributed by atoms with E-state index >= 15 is 0 Å². The van der Waals surface area contributed by atoms with Crippen molar-refractivity contribution in [2.24, 2.45) is 11.8 Å². The van der Waals surface area contributed by atoms with Crippen molar-refractivity contribution in [3.05, 3.63) is 35.4 Å². The third-order valence-electron chi connectivity index (χ3n) is 3.21. The Kier molecular flexibility index (Phi) is 5.73. The lowest BCUT2D eigenvalue weighted by Gasteiger charge is -2.23. The predicted octanol–water partition coefficient (Wildman–Crippen LogP) is 3.78. The Hall–Kier alpha value is -0.960. The van der Waals surface area contributed by atoms with E-state index in [1.807, 2.05) is 0 Å². The normalized spacial score (nSPS) is 13.3. The van der Waals surface area contributed by atoms with Gasteiger partial charge >= 0.3 is 0 Å². The van der Waals surface area contributed by atoms with E-state index in [0.29, 0.717) is 17.9 Å². The minimum Gasteiger partial charge on any atom is -0.314 e. The zero-order chi connectivity index (χ0) is 13.7. The molecule has 1 nitrogen and oxygen atoms in total. The molecule has 1 atom stereocenters. The van der Waals surface area contributed by atoms with Crippen molar-refractivity contribution < 1.29 is 8.78 Å². The average Bonchev–Trinajstić information content (AvgIpc) is 2.28. The first-order valence-corrected chi connectivity index (χ1v) is 6.57. The Morgan fingerprint density at radius 3 is 2.22 bits per heavy atom. The fourth-order valence-electron chi connectivity index (χ4n) is 1.90. The number of nitrogens with one attached hydrogen (secondary N) is 1. The van der Waals surface area contributed by atoms with Crippen LogP contribution in [0.5, 0.6) is 0 Å². The van der Waals surface area contributed by atoms with Gasteiger partial charge in [0.15, 0.2) is 11.6 Å². The largest absolute Gasteiger partial charge is 0.314 e. The smallest absolute Gasteiger partial charge is 0.159 e. The lowest BCUT2D eigenvalue weighted by atomic mass is 9.89. The fourth-order valence-corrected chi connectivity index (χ4v) is 1.90. The molecule has 3 heteroatoms. The van der Waals surface area contributed by atoms with Crippen molar-refractivity contribution in [2.75, 3.05) is 6.54 Å². The Morgan fingerprint density at radius 1 is 1.06 bits per heavy atom. The van der Waals surface area contributed by atoms with Crippen LogP contribution in [0.15, 0.2) is 18.2 Å². The van der Waals surface area contributed by atoms with Gasteiger partial charge in [-0.3, -0.25) is 0 Å². The van der Waals surface area contributed by atoms with Crippen LogP contribution < -0.4 is 5.32 Å². The molecule has 0 fully saturated rings. The zero-order valence-electron chi connectivity index (χ0n) is 11.6. The van der Waals surface area contributed by atoms with E-state index in [-0.39, 0.29) is 0 Å². The summed E-state index contributed by atoms with van der Waals surface area (Å²) in [5, 5.41) is 3.41. The maximum absolute atomic E-state index is 13.2. The number of rotatable bonds is 6. The fraction of sp³-hybridized carbons (Fsp3) is 0.600. The highest BCUT2D eigenvalue weighted by Crippen LogP contribution is 2.18. The Labute approximate surface area is 109 Å². The molecule has 0 amide bonds. The van der Waals surface area contributed by atoms with Gasteiger partial charge in [0, 0.05) is 6.04 Å². The van der Waals surface area contributed by atoms with Crippen molar-refractivity contribution in [1.82, 2.24) is 5.32 Å². The van der Waals surface area contributed by atoms with Crippen LogP contribution in [0.4, 0.5) is 8.78 Å². The Morgan fingerprint density at radius 2 is 1.72 bits per heavy atom. The van der Waals surface area contributed by atoms with E-state index in [2.05, 4.69) is 33.0 Å². The molecule has 1 aromatic rings. The molecule has 0 aliphatic rings. The molecular formula is C15H23F2N.